The fourth-order valence-electron chi connectivity index (χ4n) is 4.57. The Kier molecular flexibility index (Phi) is 5.13. The van der Waals surface area contributed by atoms with Crippen molar-refractivity contribution in [3.8, 4) is 11.3 Å². The maximum atomic E-state index is 12.7. The number of benzene rings is 1. The number of fused-ring (bicyclic) bond motifs is 1. The SMILES string of the molecule is Cc1c(-c2cc(N3CCN(C(=O)C4CCCN4)CC3)ccc2Cl)nc2ccccn12. The van der Waals surface area contributed by atoms with Crippen LogP contribution in [0.25, 0.3) is 16.9 Å². The molecule has 1 unspecified atom stereocenters. The number of carbonyl (C=O) groups excluding carboxylic acids is 1. The predicted octanol–water partition coefficient (Wildman–Crippen LogP) is 3.36. The second kappa shape index (κ2) is 7.93. The van der Waals surface area contributed by atoms with Crippen molar-refractivity contribution in [2.45, 2.75) is 25.8 Å². The van der Waals surface area contributed by atoms with Gasteiger partial charge in [0.05, 0.1) is 16.8 Å². The van der Waals surface area contributed by atoms with Crippen LogP contribution in [0.3, 0.4) is 0 Å². The van der Waals surface area contributed by atoms with E-state index >= 15 is 0 Å². The van der Waals surface area contributed by atoms with E-state index in [1.807, 2.05) is 35.4 Å². The number of aromatic nitrogens is 2. The van der Waals surface area contributed by atoms with E-state index in [1.165, 1.54) is 0 Å². The van der Waals surface area contributed by atoms with Gasteiger partial charge in [0.2, 0.25) is 5.91 Å². The van der Waals surface area contributed by atoms with Crippen molar-refractivity contribution < 1.29 is 4.79 Å². The summed E-state index contributed by atoms with van der Waals surface area (Å²) in [5.41, 5.74) is 4.97. The third kappa shape index (κ3) is 3.44. The van der Waals surface area contributed by atoms with Gasteiger partial charge in [-0.15, -0.1) is 0 Å². The minimum Gasteiger partial charge on any atom is -0.368 e. The fraction of sp³-hybridized carbons (Fsp3) is 0.391. The van der Waals surface area contributed by atoms with Crippen LogP contribution >= 0.6 is 11.6 Å². The van der Waals surface area contributed by atoms with Crippen molar-refractivity contribution in [1.82, 2.24) is 19.6 Å². The average molecular weight is 424 g/mol. The predicted molar refractivity (Wildman–Crippen MR) is 120 cm³/mol. The summed E-state index contributed by atoms with van der Waals surface area (Å²) in [6.45, 7) is 6.17. The molecule has 1 aromatic carbocycles. The highest BCUT2D eigenvalue weighted by Gasteiger charge is 2.29. The average Bonchev–Trinajstić information content (AvgIpc) is 3.43. The Bertz CT molecular complexity index is 1080. The zero-order chi connectivity index (χ0) is 20.7. The van der Waals surface area contributed by atoms with Crippen molar-refractivity contribution in [1.29, 1.82) is 0 Å². The van der Waals surface area contributed by atoms with E-state index in [4.69, 9.17) is 16.6 Å². The van der Waals surface area contributed by atoms with Gasteiger partial charge < -0.3 is 19.5 Å². The van der Waals surface area contributed by atoms with Gasteiger partial charge in [-0.1, -0.05) is 17.7 Å². The van der Waals surface area contributed by atoms with E-state index in [2.05, 4.69) is 33.7 Å². The van der Waals surface area contributed by atoms with Crippen LogP contribution in [0.1, 0.15) is 18.5 Å². The highest BCUT2D eigenvalue weighted by Crippen LogP contribution is 2.34. The molecule has 2 fully saturated rings. The summed E-state index contributed by atoms with van der Waals surface area (Å²) in [6, 6.07) is 12.2. The Hall–Kier alpha value is -2.57. The molecule has 0 spiro atoms. The smallest absolute Gasteiger partial charge is 0.239 e. The Morgan fingerprint density at radius 1 is 1.17 bits per heavy atom. The molecule has 5 rings (SSSR count). The number of hydrogen-bond acceptors (Lipinski definition) is 4. The van der Waals surface area contributed by atoms with Gasteiger partial charge >= 0.3 is 0 Å². The monoisotopic (exact) mass is 423 g/mol. The topological polar surface area (TPSA) is 52.9 Å². The summed E-state index contributed by atoms with van der Waals surface area (Å²) in [4.78, 5) is 21.8. The number of rotatable bonds is 3. The second-order valence-corrected chi connectivity index (χ2v) is 8.51. The lowest BCUT2D eigenvalue weighted by Gasteiger charge is -2.37. The van der Waals surface area contributed by atoms with Gasteiger partial charge in [-0.2, -0.15) is 0 Å². The lowest BCUT2D eigenvalue weighted by atomic mass is 10.1. The zero-order valence-electron chi connectivity index (χ0n) is 17.1. The van der Waals surface area contributed by atoms with Gasteiger partial charge in [0.1, 0.15) is 5.65 Å². The summed E-state index contributed by atoms with van der Waals surface area (Å²) in [5.74, 6) is 0.254. The van der Waals surface area contributed by atoms with Crippen molar-refractivity contribution in [3.63, 3.8) is 0 Å². The van der Waals surface area contributed by atoms with Crippen molar-refractivity contribution in [3.05, 3.63) is 53.3 Å². The van der Waals surface area contributed by atoms with Crippen molar-refractivity contribution in [2.24, 2.45) is 0 Å². The molecule has 6 nitrogen and oxygen atoms in total. The minimum absolute atomic E-state index is 0.0108. The van der Waals surface area contributed by atoms with Crippen LogP contribution in [0.2, 0.25) is 5.02 Å². The molecule has 0 aliphatic carbocycles. The Labute approximate surface area is 181 Å². The summed E-state index contributed by atoms with van der Waals surface area (Å²) < 4.78 is 2.08. The van der Waals surface area contributed by atoms with Gasteiger partial charge in [0.25, 0.3) is 0 Å². The number of anilines is 1. The van der Waals surface area contributed by atoms with Crippen molar-refractivity contribution >= 4 is 28.8 Å². The Morgan fingerprint density at radius 3 is 2.73 bits per heavy atom. The van der Waals surface area contributed by atoms with Crippen LogP contribution in [0, 0.1) is 6.92 Å². The molecular formula is C23H26ClN5O. The second-order valence-electron chi connectivity index (χ2n) is 8.10. The molecule has 2 saturated heterocycles. The molecule has 30 heavy (non-hydrogen) atoms. The number of nitrogens with zero attached hydrogens (tertiary/aromatic N) is 4. The molecule has 1 N–H and O–H groups in total. The zero-order valence-corrected chi connectivity index (χ0v) is 17.9. The third-order valence-corrected chi connectivity index (χ3v) is 6.62. The number of imidazole rings is 1. The highest BCUT2D eigenvalue weighted by atomic mass is 35.5. The lowest BCUT2D eigenvalue weighted by molar-refractivity contribution is -0.133. The highest BCUT2D eigenvalue weighted by molar-refractivity contribution is 6.33. The summed E-state index contributed by atoms with van der Waals surface area (Å²) in [5, 5.41) is 4.02. The molecule has 2 aliphatic rings. The number of hydrogen-bond donors (Lipinski definition) is 1. The van der Waals surface area contributed by atoms with Gasteiger partial charge in [0.15, 0.2) is 0 Å². The largest absolute Gasteiger partial charge is 0.368 e. The number of carbonyl (C=O) groups is 1. The molecule has 0 bridgehead atoms. The van der Waals surface area contributed by atoms with Crippen LogP contribution in [0.5, 0.6) is 0 Å². The molecular weight excluding hydrogens is 398 g/mol. The van der Waals surface area contributed by atoms with Crippen LogP contribution in [0.15, 0.2) is 42.6 Å². The number of aryl methyl sites for hydroxylation is 1. The van der Waals surface area contributed by atoms with Gasteiger partial charge in [0, 0.05) is 49.3 Å². The number of pyridine rings is 1. The van der Waals surface area contributed by atoms with E-state index in [9.17, 15) is 4.79 Å². The number of nitrogens with one attached hydrogen (secondary N) is 1. The first-order chi connectivity index (χ1) is 14.6. The third-order valence-electron chi connectivity index (χ3n) is 6.29. The molecule has 0 saturated carbocycles. The quantitative estimate of drug-likeness (QED) is 0.701. The molecule has 156 valence electrons. The number of halogens is 1. The molecule has 2 aromatic heterocycles. The van der Waals surface area contributed by atoms with E-state index < -0.39 is 0 Å². The Morgan fingerprint density at radius 2 is 2.00 bits per heavy atom. The maximum Gasteiger partial charge on any atom is 0.239 e. The standard InChI is InChI=1S/C23H26ClN5O/c1-16-22(26-21-6-2-3-10-29(16)21)18-15-17(7-8-19(18)24)27-11-13-28(14-12-27)23(30)20-5-4-9-25-20/h2-3,6-8,10,15,20,25H,4-5,9,11-14H2,1H3. The molecule has 0 radical (unpaired) electrons. The normalized spacial score (nSPS) is 19.6. The van der Waals surface area contributed by atoms with E-state index in [-0.39, 0.29) is 11.9 Å². The van der Waals surface area contributed by atoms with Crippen LogP contribution < -0.4 is 10.2 Å². The Balaban J connectivity index is 1.36. The molecule has 1 amide bonds. The summed E-state index contributed by atoms with van der Waals surface area (Å²) in [7, 11) is 0. The van der Waals surface area contributed by atoms with Crippen LogP contribution in [-0.4, -0.2) is 59.0 Å². The first-order valence-electron chi connectivity index (χ1n) is 10.6. The number of piperazine rings is 1. The lowest BCUT2D eigenvalue weighted by Crippen LogP contribution is -2.53. The molecule has 4 heterocycles. The maximum absolute atomic E-state index is 12.7. The summed E-state index contributed by atoms with van der Waals surface area (Å²) >= 11 is 6.58. The molecule has 7 heteroatoms. The summed E-state index contributed by atoms with van der Waals surface area (Å²) in [6.07, 6.45) is 4.07. The first kappa shape index (κ1) is 19.4. The van der Waals surface area contributed by atoms with Crippen molar-refractivity contribution in [2.75, 3.05) is 37.6 Å². The molecule has 2 aliphatic heterocycles. The van der Waals surface area contributed by atoms with E-state index in [0.717, 1.165) is 73.9 Å². The minimum atomic E-state index is 0.0108. The first-order valence-corrected chi connectivity index (χ1v) is 11.0. The molecule has 1 atom stereocenters. The van der Waals surface area contributed by atoms with Gasteiger partial charge in [-0.05, 0) is 56.6 Å². The van der Waals surface area contributed by atoms with E-state index in [0.29, 0.717) is 5.02 Å². The number of amides is 1. The van der Waals surface area contributed by atoms with Gasteiger partial charge in [-0.25, -0.2) is 4.98 Å². The van der Waals surface area contributed by atoms with E-state index in [1.54, 1.807) is 0 Å². The van der Waals surface area contributed by atoms with Crippen LogP contribution in [0.4, 0.5) is 5.69 Å². The fourth-order valence-corrected chi connectivity index (χ4v) is 4.77. The van der Waals surface area contributed by atoms with Gasteiger partial charge in [-0.3, -0.25) is 4.79 Å². The molecule has 3 aromatic rings. The van der Waals surface area contributed by atoms with Crippen LogP contribution in [-0.2, 0) is 4.79 Å².